The number of rotatable bonds is 2. The highest BCUT2D eigenvalue weighted by molar-refractivity contribution is 5.87. The van der Waals surface area contributed by atoms with Gasteiger partial charge < -0.3 is 15.3 Å². The van der Waals surface area contributed by atoms with Crippen molar-refractivity contribution in [3.05, 3.63) is 35.4 Å². The van der Waals surface area contributed by atoms with Gasteiger partial charge in [0.15, 0.2) is 0 Å². The summed E-state index contributed by atoms with van der Waals surface area (Å²) in [5, 5.41) is 30.5. The number of carbonyl (C=O) groups is 1. The molecule has 0 saturated carbocycles. The van der Waals surface area contributed by atoms with Crippen molar-refractivity contribution in [1.82, 2.24) is 5.32 Å². The molecule has 0 spiro atoms. The lowest BCUT2D eigenvalue weighted by molar-refractivity contribution is -0.0100. The zero-order valence-corrected chi connectivity index (χ0v) is 9.21. The standard InChI is InChI=1S/C12H15NO4/c14-10-6-5-9(11(15)13-10)7-1-3-8(4-2-7)12(16)17/h1-4,9-11,13-15H,5-6H2,(H,16,17). The van der Waals surface area contributed by atoms with E-state index in [1.165, 1.54) is 12.1 Å². The molecule has 3 unspecified atom stereocenters. The fourth-order valence-electron chi connectivity index (χ4n) is 2.11. The van der Waals surface area contributed by atoms with E-state index in [1.54, 1.807) is 12.1 Å². The van der Waals surface area contributed by atoms with E-state index in [0.29, 0.717) is 12.8 Å². The van der Waals surface area contributed by atoms with Crippen LogP contribution in [0, 0.1) is 0 Å². The topological polar surface area (TPSA) is 89.8 Å². The van der Waals surface area contributed by atoms with Crippen molar-refractivity contribution < 1.29 is 20.1 Å². The van der Waals surface area contributed by atoms with Crippen LogP contribution >= 0.6 is 0 Å². The Kier molecular flexibility index (Phi) is 3.42. The number of aliphatic hydroxyl groups is 2. The van der Waals surface area contributed by atoms with E-state index in [0.717, 1.165) is 5.56 Å². The molecule has 0 bridgehead atoms. The molecule has 0 amide bonds. The summed E-state index contributed by atoms with van der Waals surface area (Å²) in [6.07, 6.45) is -0.224. The third-order valence-electron chi connectivity index (χ3n) is 3.08. The highest BCUT2D eigenvalue weighted by Gasteiger charge is 2.28. The van der Waals surface area contributed by atoms with Crippen molar-refractivity contribution in [2.75, 3.05) is 0 Å². The Balaban J connectivity index is 2.14. The minimum atomic E-state index is -0.964. The van der Waals surface area contributed by atoms with Crippen LogP contribution in [0.4, 0.5) is 0 Å². The molecule has 1 saturated heterocycles. The van der Waals surface area contributed by atoms with E-state index in [9.17, 15) is 15.0 Å². The summed E-state index contributed by atoms with van der Waals surface area (Å²) in [4.78, 5) is 10.7. The lowest BCUT2D eigenvalue weighted by Gasteiger charge is -2.32. The van der Waals surface area contributed by atoms with Gasteiger partial charge in [0.1, 0.15) is 12.5 Å². The number of hydrogen-bond donors (Lipinski definition) is 4. The first kappa shape index (κ1) is 12.0. The number of carboxylic acid groups (broad SMARTS) is 1. The molecule has 0 aliphatic carbocycles. The van der Waals surface area contributed by atoms with Crippen molar-refractivity contribution in [2.24, 2.45) is 0 Å². The zero-order chi connectivity index (χ0) is 12.4. The number of hydrogen-bond acceptors (Lipinski definition) is 4. The summed E-state index contributed by atoms with van der Waals surface area (Å²) in [5.74, 6) is -1.07. The molecule has 3 atom stereocenters. The third kappa shape index (κ3) is 2.63. The number of carboxylic acids is 1. The van der Waals surface area contributed by atoms with Gasteiger partial charge in [-0.15, -0.1) is 0 Å². The van der Waals surface area contributed by atoms with E-state index in [1.807, 2.05) is 0 Å². The van der Waals surface area contributed by atoms with Gasteiger partial charge in [-0.1, -0.05) is 12.1 Å². The van der Waals surface area contributed by atoms with Gasteiger partial charge in [0.25, 0.3) is 0 Å². The van der Waals surface area contributed by atoms with Crippen molar-refractivity contribution in [1.29, 1.82) is 0 Å². The average Bonchev–Trinajstić information content (AvgIpc) is 2.29. The monoisotopic (exact) mass is 237 g/mol. The Bertz CT molecular complexity index is 403. The maximum absolute atomic E-state index is 10.7. The van der Waals surface area contributed by atoms with Crippen LogP contribution in [0.25, 0.3) is 0 Å². The van der Waals surface area contributed by atoms with Crippen LogP contribution in [0.15, 0.2) is 24.3 Å². The molecule has 0 aromatic heterocycles. The van der Waals surface area contributed by atoms with Crippen LogP contribution in [0.3, 0.4) is 0 Å². The SMILES string of the molecule is O=C(O)c1ccc(C2CCC(O)NC2O)cc1. The van der Waals surface area contributed by atoms with E-state index in [2.05, 4.69) is 5.32 Å². The van der Waals surface area contributed by atoms with Crippen LogP contribution in [0.2, 0.25) is 0 Å². The van der Waals surface area contributed by atoms with Gasteiger partial charge >= 0.3 is 5.97 Å². The number of piperidine rings is 1. The molecule has 17 heavy (non-hydrogen) atoms. The van der Waals surface area contributed by atoms with Gasteiger partial charge in [-0.2, -0.15) is 0 Å². The maximum Gasteiger partial charge on any atom is 0.335 e. The lowest BCUT2D eigenvalue weighted by Crippen LogP contribution is -2.46. The summed E-state index contributed by atoms with van der Waals surface area (Å²) < 4.78 is 0. The molecule has 5 heteroatoms. The maximum atomic E-state index is 10.7. The first-order chi connectivity index (χ1) is 8.08. The smallest absolute Gasteiger partial charge is 0.335 e. The van der Waals surface area contributed by atoms with Crippen LogP contribution in [-0.2, 0) is 0 Å². The van der Waals surface area contributed by atoms with Crippen molar-refractivity contribution in [3.63, 3.8) is 0 Å². The summed E-state index contributed by atoms with van der Waals surface area (Å²) in [7, 11) is 0. The molecule has 5 nitrogen and oxygen atoms in total. The number of benzene rings is 1. The van der Waals surface area contributed by atoms with E-state index in [-0.39, 0.29) is 11.5 Å². The second kappa shape index (κ2) is 4.83. The van der Waals surface area contributed by atoms with Gasteiger partial charge in [0.2, 0.25) is 0 Å². The molecule has 1 aliphatic rings. The van der Waals surface area contributed by atoms with Crippen molar-refractivity contribution in [3.8, 4) is 0 Å². The summed E-state index contributed by atoms with van der Waals surface area (Å²) in [6.45, 7) is 0. The molecular weight excluding hydrogens is 222 g/mol. The lowest BCUT2D eigenvalue weighted by atomic mass is 9.89. The van der Waals surface area contributed by atoms with Gasteiger partial charge in [-0.3, -0.25) is 5.32 Å². The third-order valence-corrected chi connectivity index (χ3v) is 3.08. The Morgan fingerprint density at radius 1 is 1.18 bits per heavy atom. The van der Waals surface area contributed by atoms with Crippen molar-refractivity contribution in [2.45, 2.75) is 31.2 Å². The van der Waals surface area contributed by atoms with E-state index in [4.69, 9.17) is 5.11 Å². The molecule has 1 heterocycles. The summed E-state index contributed by atoms with van der Waals surface area (Å²) in [6, 6.07) is 6.46. The fraction of sp³-hybridized carbons (Fsp3) is 0.417. The minimum absolute atomic E-state index is 0.110. The first-order valence-corrected chi connectivity index (χ1v) is 5.53. The largest absolute Gasteiger partial charge is 0.478 e. The highest BCUT2D eigenvalue weighted by Crippen LogP contribution is 2.28. The highest BCUT2D eigenvalue weighted by atomic mass is 16.4. The molecule has 0 radical (unpaired) electrons. The molecule has 1 aromatic carbocycles. The average molecular weight is 237 g/mol. The molecule has 1 aliphatic heterocycles. The van der Waals surface area contributed by atoms with Gasteiger partial charge in [0.05, 0.1) is 5.56 Å². The number of nitrogens with one attached hydrogen (secondary N) is 1. The Hall–Kier alpha value is -1.43. The van der Waals surface area contributed by atoms with Crippen LogP contribution < -0.4 is 5.32 Å². The normalized spacial score (nSPS) is 28.9. The molecule has 1 fully saturated rings. The quantitative estimate of drug-likeness (QED) is 0.601. The molecule has 2 rings (SSSR count). The molecule has 1 aromatic rings. The Morgan fingerprint density at radius 2 is 1.82 bits per heavy atom. The Morgan fingerprint density at radius 3 is 2.35 bits per heavy atom. The van der Waals surface area contributed by atoms with Gasteiger partial charge in [0, 0.05) is 5.92 Å². The van der Waals surface area contributed by atoms with Crippen LogP contribution in [0.5, 0.6) is 0 Å². The van der Waals surface area contributed by atoms with Crippen molar-refractivity contribution >= 4 is 5.97 Å². The van der Waals surface area contributed by atoms with Crippen LogP contribution in [0.1, 0.15) is 34.7 Å². The first-order valence-electron chi connectivity index (χ1n) is 5.53. The number of aromatic carboxylic acids is 1. The summed E-state index contributed by atoms with van der Waals surface area (Å²) in [5.41, 5.74) is 1.11. The molecule has 92 valence electrons. The second-order valence-electron chi connectivity index (χ2n) is 4.24. The predicted molar refractivity (Wildman–Crippen MR) is 60.5 cm³/mol. The zero-order valence-electron chi connectivity index (χ0n) is 9.21. The van der Waals surface area contributed by atoms with Gasteiger partial charge in [-0.25, -0.2) is 4.79 Å². The molecular formula is C12H15NO4. The number of aliphatic hydroxyl groups excluding tert-OH is 2. The second-order valence-corrected chi connectivity index (χ2v) is 4.24. The van der Waals surface area contributed by atoms with Crippen LogP contribution in [-0.4, -0.2) is 33.7 Å². The fourth-order valence-corrected chi connectivity index (χ4v) is 2.11. The van der Waals surface area contributed by atoms with E-state index < -0.39 is 18.4 Å². The minimum Gasteiger partial charge on any atom is -0.478 e. The molecule has 4 N–H and O–H groups in total. The summed E-state index contributed by atoms with van der Waals surface area (Å²) >= 11 is 0. The predicted octanol–water partition coefficient (Wildman–Crippen LogP) is 0.489. The van der Waals surface area contributed by atoms with Gasteiger partial charge in [-0.05, 0) is 30.5 Å². The Labute approximate surface area is 98.7 Å². The van der Waals surface area contributed by atoms with E-state index >= 15 is 0 Å².